The summed E-state index contributed by atoms with van der Waals surface area (Å²) in [6.07, 6.45) is 1.53. The van der Waals surface area contributed by atoms with Crippen LogP contribution in [0.2, 0.25) is 0 Å². The fraction of sp³-hybridized carbons (Fsp3) is 0.143. The molecule has 3 aromatic carbocycles. The van der Waals surface area contributed by atoms with Crippen LogP contribution in [-0.2, 0) is 14.8 Å². The number of aryl methyl sites for hydroxylation is 2. The molecule has 1 heterocycles. The van der Waals surface area contributed by atoms with E-state index in [1.54, 1.807) is 18.2 Å². The first kappa shape index (κ1) is 25.8. The summed E-state index contributed by atoms with van der Waals surface area (Å²) >= 11 is 0. The Morgan fingerprint density at radius 3 is 2.27 bits per heavy atom. The van der Waals surface area contributed by atoms with Gasteiger partial charge in [-0.2, -0.15) is 5.10 Å². The van der Waals surface area contributed by atoms with Crippen LogP contribution in [0.4, 0.5) is 10.1 Å². The number of hydrogen-bond acceptors (Lipinski definition) is 4. The van der Waals surface area contributed by atoms with Crippen LogP contribution in [0.15, 0.2) is 94.9 Å². The van der Waals surface area contributed by atoms with E-state index in [2.05, 4.69) is 15.1 Å². The molecule has 0 atom stereocenters. The molecule has 9 heteroatoms. The number of nitrogens with zero attached hydrogens (tertiary/aromatic N) is 3. The maximum Gasteiger partial charge on any atom is 0.264 e. The second-order valence-electron chi connectivity index (χ2n) is 8.59. The number of rotatable bonds is 8. The van der Waals surface area contributed by atoms with Gasteiger partial charge < -0.3 is 4.57 Å². The minimum Gasteiger partial charge on any atom is -0.318 e. The van der Waals surface area contributed by atoms with Crippen molar-refractivity contribution >= 4 is 27.8 Å². The predicted octanol–water partition coefficient (Wildman–Crippen LogP) is 4.89. The highest BCUT2D eigenvalue weighted by molar-refractivity contribution is 7.92. The molecule has 0 fully saturated rings. The van der Waals surface area contributed by atoms with Crippen LogP contribution in [0.1, 0.15) is 22.5 Å². The van der Waals surface area contributed by atoms with Crippen molar-refractivity contribution < 1.29 is 17.6 Å². The van der Waals surface area contributed by atoms with Crippen molar-refractivity contribution in [3.8, 4) is 5.69 Å². The minimum atomic E-state index is -4.09. The Kier molecular flexibility index (Phi) is 7.54. The van der Waals surface area contributed by atoms with Crippen molar-refractivity contribution in [1.82, 2.24) is 9.99 Å². The maximum atomic E-state index is 13.5. The van der Waals surface area contributed by atoms with E-state index >= 15 is 0 Å². The van der Waals surface area contributed by atoms with E-state index < -0.39 is 28.3 Å². The van der Waals surface area contributed by atoms with Crippen molar-refractivity contribution in [3.05, 3.63) is 113 Å². The zero-order valence-corrected chi connectivity index (χ0v) is 21.5. The van der Waals surface area contributed by atoms with Gasteiger partial charge in [-0.3, -0.25) is 9.10 Å². The van der Waals surface area contributed by atoms with Crippen molar-refractivity contribution in [2.45, 2.75) is 25.7 Å². The van der Waals surface area contributed by atoms with Gasteiger partial charge in [0.25, 0.3) is 15.9 Å². The van der Waals surface area contributed by atoms with Gasteiger partial charge in [0.2, 0.25) is 0 Å². The van der Waals surface area contributed by atoms with E-state index in [9.17, 15) is 17.6 Å². The van der Waals surface area contributed by atoms with Crippen molar-refractivity contribution in [2.75, 3.05) is 10.8 Å². The average molecular weight is 519 g/mol. The summed E-state index contributed by atoms with van der Waals surface area (Å²) in [5, 5.41) is 4.06. The summed E-state index contributed by atoms with van der Waals surface area (Å²) in [6.45, 7) is 5.43. The molecule has 190 valence electrons. The highest BCUT2D eigenvalue weighted by Crippen LogP contribution is 2.24. The first-order valence-corrected chi connectivity index (χ1v) is 13.0. The van der Waals surface area contributed by atoms with E-state index in [0.29, 0.717) is 0 Å². The molecule has 37 heavy (non-hydrogen) atoms. The molecule has 0 saturated carbocycles. The number of hydrazone groups is 1. The number of halogens is 1. The molecule has 0 unspecified atom stereocenters. The molecule has 1 N–H and O–H groups in total. The van der Waals surface area contributed by atoms with Crippen molar-refractivity contribution in [2.24, 2.45) is 5.10 Å². The van der Waals surface area contributed by atoms with Crippen LogP contribution in [0, 0.1) is 26.6 Å². The summed E-state index contributed by atoms with van der Waals surface area (Å²) < 4.78 is 43.1. The molecule has 0 saturated heterocycles. The van der Waals surface area contributed by atoms with Gasteiger partial charge >= 0.3 is 0 Å². The molecule has 0 aliphatic heterocycles. The normalized spacial score (nSPS) is 11.6. The number of hydrogen-bond donors (Lipinski definition) is 1. The molecular weight excluding hydrogens is 491 g/mol. The largest absolute Gasteiger partial charge is 0.318 e. The lowest BCUT2D eigenvalue weighted by atomic mass is 10.2. The molecule has 0 radical (unpaired) electrons. The van der Waals surface area contributed by atoms with E-state index in [0.717, 1.165) is 39.1 Å². The monoisotopic (exact) mass is 518 g/mol. The van der Waals surface area contributed by atoms with Gasteiger partial charge in [-0.15, -0.1) is 0 Å². The fourth-order valence-electron chi connectivity index (χ4n) is 3.99. The van der Waals surface area contributed by atoms with Gasteiger partial charge in [-0.1, -0.05) is 35.9 Å². The van der Waals surface area contributed by atoms with Crippen molar-refractivity contribution in [3.63, 3.8) is 0 Å². The Balaban J connectivity index is 1.53. The van der Waals surface area contributed by atoms with Crippen LogP contribution < -0.4 is 9.73 Å². The Bertz CT molecular complexity index is 1530. The topological polar surface area (TPSA) is 83.8 Å². The summed E-state index contributed by atoms with van der Waals surface area (Å²) in [5.41, 5.74) is 7.51. The molecular formula is C28H27FN4O3S. The van der Waals surface area contributed by atoms with E-state index in [1.165, 1.54) is 36.0 Å². The van der Waals surface area contributed by atoms with Gasteiger partial charge in [0.1, 0.15) is 12.4 Å². The first-order chi connectivity index (χ1) is 17.7. The molecule has 1 amide bonds. The number of sulfonamides is 1. The molecule has 0 aliphatic carbocycles. The number of carbonyl (C=O) groups excluding carboxylic acids is 1. The summed E-state index contributed by atoms with van der Waals surface area (Å²) in [4.78, 5) is 12.8. The van der Waals surface area contributed by atoms with Crippen LogP contribution in [0.5, 0.6) is 0 Å². The quantitative estimate of drug-likeness (QED) is 0.266. The van der Waals surface area contributed by atoms with Crippen LogP contribution >= 0.6 is 0 Å². The lowest BCUT2D eigenvalue weighted by molar-refractivity contribution is -0.119. The van der Waals surface area contributed by atoms with Gasteiger partial charge in [0.05, 0.1) is 16.8 Å². The third-order valence-corrected chi connectivity index (χ3v) is 7.68. The molecule has 0 spiro atoms. The fourth-order valence-corrected chi connectivity index (χ4v) is 5.43. The van der Waals surface area contributed by atoms with E-state index in [-0.39, 0.29) is 10.6 Å². The average Bonchev–Trinajstić information content (AvgIpc) is 3.17. The number of benzene rings is 3. The van der Waals surface area contributed by atoms with Crippen LogP contribution in [0.25, 0.3) is 5.69 Å². The van der Waals surface area contributed by atoms with Gasteiger partial charge in [0.15, 0.2) is 0 Å². The Morgan fingerprint density at radius 2 is 1.62 bits per heavy atom. The third kappa shape index (κ3) is 5.78. The summed E-state index contributed by atoms with van der Waals surface area (Å²) in [7, 11) is -4.09. The minimum absolute atomic E-state index is 0.0131. The smallest absolute Gasteiger partial charge is 0.264 e. The number of aromatic nitrogens is 1. The Labute approximate surface area is 215 Å². The third-order valence-electron chi connectivity index (χ3n) is 5.89. The zero-order chi connectivity index (χ0) is 26.6. The highest BCUT2D eigenvalue weighted by atomic mass is 32.2. The number of amides is 1. The predicted molar refractivity (Wildman–Crippen MR) is 143 cm³/mol. The van der Waals surface area contributed by atoms with Gasteiger partial charge in [-0.25, -0.2) is 18.2 Å². The molecule has 1 aromatic heterocycles. The molecule has 4 aromatic rings. The number of anilines is 1. The molecule has 0 bridgehead atoms. The second kappa shape index (κ2) is 10.8. The summed E-state index contributed by atoms with van der Waals surface area (Å²) in [6, 6.07) is 22.8. The molecule has 7 nitrogen and oxygen atoms in total. The Morgan fingerprint density at radius 1 is 0.973 bits per heavy atom. The lowest BCUT2D eigenvalue weighted by Gasteiger charge is -2.23. The van der Waals surface area contributed by atoms with E-state index in [1.807, 2.05) is 51.1 Å². The standard InChI is InChI=1S/C28H27FN4O3S/c1-20-9-13-26(14-10-20)33-21(2)17-23(22(33)3)18-30-31-28(34)19-32(25-15-11-24(29)12-16-25)37(35,36)27-7-5-4-6-8-27/h4-18H,19H2,1-3H3,(H,31,34)/b30-18+. The maximum absolute atomic E-state index is 13.5. The van der Waals surface area contributed by atoms with E-state index in [4.69, 9.17) is 0 Å². The lowest BCUT2D eigenvalue weighted by Crippen LogP contribution is -2.39. The number of carbonyl (C=O) groups is 1. The Hall–Kier alpha value is -4.24. The zero-order valence-electron chi connectivity index (χ0n) is 20.7. The van der Waals surface area contributed by atoms with Crippen molar-refractivity contribution in [1.29, 1.82) is 0 Å². The van der Waals surface area contributed by atoms with Crippen LogP contribution in [0.3, 0.4) is 0 Å². The van der Waals surface area contributed by atoms with Crippen LogP contribution in [-0.4, -0.2) is 31.7 Å². The molecule has 4 rings (SSSR count). The second-order valence-corrected chi connectivity index (χ2v) is 10.5. The van der Waals surface area contributed by atoms with Gasteiger partial charge in [0, 0.05) is 22.6 Å². The first-order valence-electron chi connectivity index (χ1n) is 11.6. The SMILES string of the molecule is Cc1ccc(-n2c(C)cc(/C=N/NC(=O)CN(c3ccc(F)cc3)S(=O)(=O)c3ccccc3)c2C)cc1. The number of nitrogens with one attached hydrogen (secondary N) is 1. The summed E-state index contributed by atoms with van der Waals surface area (Å²) in [5.74, 6) is -1.16. The highest BCUT2D eigenvalue weighted by Gasteiger charge is 2.27. The molecule has 0 aliphatic rings. The van der Waals surface area contributed by atoms with Gasteiger partial charge in [-0.05, 0) is 75.4 Å².